The second-order valence-electron chi connectivity index (χ2n) is 5.04. The molecule has 0 N–H and O–H groups in total. The fourth-order valence-electron chi connectivity index (χ4n) is 2.47. The van der Waals surface area contributed by atoms with Crippen molar-refractivity contribution < 1.29 is 27.5 Å². The number of carbonyl (C=O) groups excluding carboxylic acids is 2. The number of sulfonamides is 1. The highest BCUT2D eigenvalue weighted by atomic mass is 32.2. The van der Waals surface area contributed by atoms with Crippen LogP contribution in [-0.2, 0) is 24.3 Å². The topological polar surface area (TPSA) is 90.0 Å². The molecule has 9 heteroatoms. The molecule has 1 aromatic rings. The fourth-order valence-corrected chi connectivity index (χ4v) is 5.25. The largest absolute Gasteiger partial charge is 0.466 e. The van der Waals surface area contributed by atoms with E-state index in [9.17, 15) is 18.0 Å². The summed E-state index contributed by atoms with van der Waals surface area (Å²) in [6, 6.07) is 1.41. The molecule has 1 aromatic heterocycles. The van der Waals surface area contributed by atoms with Crippen molar-refractivity contribution in [3.8, 4) is 0 Å². The predicted molar refractivity (Wildman–Crippen MR) is 83.8 cm³/mol. The minimum atomic E-state index is -3.78. The lowest BCUT2D eigenvalue weighted by atomic mass is 9.98. The molecule has 23 heavy (non-hydrogen) atoms. The Bertz CT molecular complexity index is 673. The Kier molecular flexibility index (Phi) is 5.77. The zero-order chi connectivity index (χ0) is 17.0. The normalized spacial score (nSPS) is 17.0. The molecule has 0 spiro atoms. The molecule has 2 heterocycles. The van der Waals surface area contributed by atoms with E-state index in [4.69, 9.17) is 4.74 Å². The van der Waals surface area contributed by atoms with E-state index in [-0.39, 0.29) is 34.7 Å². The predicted octanol–water partition coefficient (Wildman–Crippen LogP) is 1.50. The lowest BCUT2D eigenvalue weighted by molar-refractivity contribution is -0.149. The summed E-state index contributed by atoms with van der Waals surface area (Å²) in [5.41, 5.74) is 0. The number of carbonyl (C=O) groups is 2. The molecule has 2 rings (SSSR count). The van der Waals surface area contributed by atoms with E-state index in [1.165, 1.54) is 17.5 Å². The number of thiophene rings is 1. The van der Waals surface area contributed by atoms with Gasteiger partial charge in [-0.25, -0.2) is 13.2 Å². The smallest absolute Gasteiger partial charge is 0.349 e. The van der Waals surface area contributed by atoms with Crippen LogP contribution in [0.15, 0.2) is 16.3 Å². The molecule has 1 aliphatic heterocycles. The molecular formula is C14H19NO6S2. The van der Waals surface area contributed by atoms with E-state index >= 15 is 0 Å². The quantitative estimate of drug-likeness (QED) is 0.738. The monoisotopic (exact) mass is 361 g/mol. The summed E-state index contributed by atoms with van der Waals surface area (Å²) in [6.45, 7) is 2.50. The number of rotatable bonds is 5. The van der Waals surface area contributed by atoms with Gasteiger partial charge in [0, 0.05) is 13.1 Å². The first-order chi connectivity index (χ1) is 10.9. The zero-order valence-corrected chi connectivity index (χ0v) is 14.6. The van der Waals surface area contributed by atoms with Crippen molar-refractivity contribution in [2.24, 2.45) is 5.92 Å². The molecule has 0 amide bonds. The van der Waals surface area contributed by atoms with Gasteiger partial charge >= 0.3 is 11.9 Å². The minimum Gasteiger partial charge on any atom is -0.466 e. The van der Waals surface area contributed by atoms with Crippen LogP contribution in [0, 0.1) is 5.92 Å². The summed E-state index contributed by atoms with van der Waals surface area (Å²) >= 11 is 1.03. The standard InChI is InChI=1S/C14H19NO6S2/c1-3-21-13(16)10-4-7-15(8-5-10)23(18,19)11-6-9-22-12(11)14(17)20-2/h6,9-10H,3-5,7-8H2,1-2H3. The molecule has 1 fully saturated rings. The molecule has 128 valence electrons. The van der Waals surface area contributed by atoms with E-state index in [2.05, 4.69) is 4.74 Å². The van der Waals surface area contributed by atoms with Gasteiger partial charge in [-0.3, -0.25) is 4.79 Å². The van der Waals surface area contributed by atoms with Crippen LogP contribution in [0.1, 0.15) is 29.4 Å². The van der Waals surface area contributed by atoms with Crippen LogP contribution in [0.25, 0.3) is 0 Å². The van der Waals surface area contributed by atoms with Gasteiger partial charge in [-0.15, -0.1) is 11.3 Å². The molecule has 0 saturated carbocycles. The van der Waals surface area contributed by atoms with Crippen LogP contribution in [-0.4, -0.2) is 51.5 Å². The molecular weight excluding hydrogens is 342 g/mol. The van der Waals surface area contributed by atoms with Crippen molar-refractivity contribution in [2.45, 2.75) is 24.7 Å². The van der Waals surface area contributed by atoms with Gasteiger partial charge in [0.05, 0.1) is 19.6 Å². The Labute approximate surface area is 139 Å². The third-order valence-electron chi connectivity index (χ3n) is 3.69. The zero-order valence-electron chi connectivity index (χ0n) is 13.0. The molecule has 1 saturated heterocycles. The van der Waals surface area contributed by atoms with Gasteiger partial charge in [0.1, 0.15) is 9.77 Å². The van der Waals surface area contributed by atoms with Crippen molar-refractivity contribution in [1.29, 1.82) is 0 Å². The van der Waals surface area contributed by atoms with Gasteiger partial charge in [-0.2, -0.15) is 4.31 Å². The maximum Gasteiger partial charge on any atom is 0.349 e. The Morgan fingerprint density at radius 3 is 2.57 bits per heavy atom. The van der Waals surface area contributed by atoms with Crippen LogP contribution in [0.5, 0.6) is 0 Å². The second-order valence-corrected chi connectivity index (χ2v) is 7.86. The van der Waals surface area contributed by atoms with Crippen molar-refractivity contribution in [1.82, 2.24) is 4.31 Å². The van der Waals surface area contributed by atoms with Crippen LogP contribution >= 0.6 is 11.3 Å². The van der Waals surface area contributed by atoms with E-state index in [0.29, 0.717) is 19.4 Å². The maximum absolute atomic E-state index is 12.7. The highest BCUT2D eigenvalue weighted by Gasteiger charge is 2.35. The van der Waals surface area contributed by atoms with Gasteiger partial charge in [-0.1, -0.05) is 0 Å². The van der Waals surface area contributed by atoms with Gasteiger partial charge < -0.3 is 9.47 Å². The lowest BCUT2D eigenvalue weighted by Crippen LogP contribution is -2.40. The van der Waals surface area contributed by atoms with Crippen molar-refractivity contribution >= 4 is 33.3 Å². The highest BCUT2D eigenvalue weighted by molar-refractivity contribution is 7.89. The van der Waals surface area contributed by atoms with E-state index in [1.807, 2.05) is 0 Å². The number of esters is 2. The van der Waals surface area contributed by atoms with E-state index < -0.39 is 16.0 Å². The average Bonchev–Trinajstić information content (AvgIpc) is 3.05. The van der Waals surface area contributed by atoms with Crippen LogP contribution in [0.4, 0.5) is 0 Å². The molecule has 1 aliphatic rings. The summed E-state index contributed by atoms with van der Waals surface area (Å²) in [4.78, 5) is 23.4. The SMILES string of the molecule is CCOC(=O)C1CCN(S(=O)(=O)c2ccsc2C(=O)OC)CC1. The lowest BCUT2D eigenvalue weighted by Gasteiger charge is -2.30. The molecule has 0 radical (unpaired) electrons. The first kappa shape index (κ1) is 17.9. The van der Waals surface area contributed by atoms with Crippen molar-refractivity contribution in [3.05, 3.63) is 16.3 Å². The van der Waals surface area contributed by atoms with Crippen molar-refractivity contribution in [2.75, 3.05) is 26.8 Å². The molecule has 0 aromatic carbocycles. The maximum atomic E-state index is 12.7. The third kappa shape index (κ3) is 3.73. The number of hydrogen-bond acceptors (Lipinski definition) is 7. The van der Waals surface area contributed by atoms with Gasteiger partial charge in [0.25, 0.3) is 0 Å². The third-order valence-corrected chi connectivity index (χ3v) is 6.66. The Balaban J connectivity index is 2.12. The van der Waals surface area contributed by atoms with Gasteiger partial charge in [0.15, 0.2) is 0 Å². The molecule has 0 unspecified atom stereocenters. The Morgan fingerprint density at radius 2 is 2.00 bits per heavy atom. The summed E-state index contributed by atoms with van der Waals surface area (Å²) in [5.74, 6) is -1.22. The summed E-state index contributed by atoms with van der Waals surface area (Å²) in [5, 5.41) is 1.55. The second kappa shape index (κ2) is 7.41. The first-order valence-corrected chi connectivity index (χ1v) is 9.56. The average molecular weight is 361 g/mol. The Morgan fingerprint density at radius 1 is 1.35 bits per heavy atom. The highest BCUT2D eigenvalue weighted by Crippen LogP contribution is 2.29. The molecule has 0 bridgehead atoms. The minimum absolute atomic E-state index is 0.0380. The van der Waals surface area contributed by atoms with E-state index in [0.717, 1.165) is 11.3 Å². The first-order valence-electron chi connectivity index (χ1n) is 7.24. The van der Waals surface area contributed by atoms with Gasteiger partial charge in [-0.05, 0) is 31.2 Å². The number of piperidine rings is 1. The van der Waals surface area contributed by atoms with Crippen LogP contribution < -0.4 is 0 Å². The summed E-state index contributed by atoms with van der Waals surface area (Å²) in [7, 11) is -2.56. The Hall–Kier alpha value is -1.45. The number of methoxy groups -OCH3 is 1. The number of ether oxygens (including phenoxy) is 2. The molecule has 7 nitrogen and oxygen atoms in total. The van der Waals surface area contributed by atoms with Crippen LogP contribution in [0.3, 0.4) is 0 Å². The van der Waals surface area contributed by atoms with Crippen LogP contribution in [0.2, 0.25) is 0 Å². The van der Waals surface area contributed by atoms with Gasteiger partial charge in [0.2, 0.25) is 10.0 Å². The molecule has 0 aliphatic carbocycles. The summed E-state index contributed by atoms with van der Waals surface area (Å²) < 4.78 is 36.3. The van der Waals surface area contributed by atoms with E-state index in [1.54, 1.807) is 12.3 Å². The fraction of sp³-hybridized carbons (Fsp3) is 0.571. The van der Waals surface area contributed by atoms with Crippen molar-refractivity contribution in [3.63, 3.8) is 0 Å². The number of nitrogens with zero attached hydrogens (tertiary/aromatic N) is 1. The molecule has 0 atom stereocenters. The number of hydrogen-bond donors (Lipinski definition) is 0. The summed E-state index contributed by atoms with van der Waals surface area (Å²) in [6.07, 6.45) is 0.825.